The Balaban J connectivity index is 1.56. The molecule has 0 bridgehead atoms. The summed E-state index contributed by atoms with van der Waals surface area (Å²) in [5.41, 5.74) is 1.61. The molecule has 6 nitrogen and oxygen atoms in total. The third-order valence-electron chi connectivity index (χ3n) is 5.66. The quantitative estimate of drug-likeness (QED) is 0.526. The van der Waals surface area contributed by atoms with Gasteiger partial charge in [0.2, 0.25) is 0 Å². The molecule has 0 fully saturated rings. The molecule has 31 heavy (non-hydrogen) atoms. The van der Waals surface area contributed by atoms with Gasteiger partial charge in [0.05, 0.1) is 12.3 Å². The van der Waals surface area contributed by atoms with Crippen molar-refractivity contribution in [2.75, 3.05) is 10.6 Å². The molecule has 2 aromatic heterocycles. The van der Waals surface area contributed by atoms with E-state index in [1.165, 1.54) is 12.3 Å². The van der Waals surface area contributed by atoms with Gasteiger partial charge in [-0.05, 0) is 42.2 Å². The zero-order valence-corrected chi connectivity index (χ0v) is 17.1. The molecule has 9 heteroatoms. The number of nitrogens with one attached hydrogen (secondary N) is 2. The number of benzene rings is 1. The number of aromatic nitrogens is 2. The molecule has 1 aliphatic heterocycles. The van der Waals surface area contributed by atoms with Crippen LogP contribution in [0.25, 0.3) is 0 Å². The van der Waals surface area contributed by atoms with E-state index in [9.17, 15) is 18.0 Å². The molecule has 0 radical (unpaired) electrons. The Labute approximate surface area is 177 Å². The van der Waals surface area contributed by atoms with Gasteiger partial charge in [0.25, 0.3) is 5.91 Å². The van der Waals surface area contributed by atoms with Gasteiger partial charge in [0.15, 0.2) is 11.7 Å². The van der Waals surface area contributed by atoms with Crippen LogP contribution in [0.3, 0.4) is 0 Å². The largest absolute Gasteiger partial charge is 0.467 e. The zero-order chi connectivity index (χ0) is 22.2. The van der Waals surface area contributed by atoms with Crippen molar-refractivity contribution in [1.29, 1.82) is 0 Å². The van der Waals surface area contributed by atoms with Crippen molar-refractivity contribution in [3.63, 3.8) is 0 Å². The Bertz CT molecular complexity index is 1040. The molecule has 0 spiro atoms. The number of amides is 1. The SMILES string of the molecule is CC[C@@H](C)c1ccc(NC(=O)c2cc3n(n2)[C@@H](C(F)(F)F)C[C@H](c2ccco2)N3)cc1. The molecule has 1 aromatic carbocycles. The first-order valence-corrected chi connectivity index (χ1v) is 10.1. The highest BCUT2D eigenvalue weighted by molar-refractivity contribution is 6.03. The van der Waals surface area contributed by atoms with Crippen molar-refractivity contribution in [2.45, 2.75) is 50.9 Å². The van der Waals surface area contributed by atoms with Gasteiger partial charge < -0.3 is 15.1 Å². The summed E-state index contributed by atoms with van der Waals surface area (Å²) in [6.45, 7) is 4.21. The highest BCUT2D eigenvalue weighted by atomic mass is 19.4. The molecule has 3 atom stereocenters. The van der Waals surface area contributed by atoms with Gasteiger partial charge in [-0.2, -0.15) is 18.3 Å². The number of carbonyl (C=O) groups excluding carboxylic acids is 1. The maximum atomic E-state index is 13.7. The second-order valence-electron chi connectivity index (χ2n) is 7.75. The minimum Gasteiger partial charge on any atom is -0.467 e. The van der Waals surface area contributed by atoms with Crippen LogP contribution in [0.15, 0.2) is 53.1 Å². The van der Waals surface area contributed by atoms with E-state index in [1.54, 1.807) is 24.3 Å². The predicted molar refractivity (Wildman–Crippen MR) is 110 cm³/mol. The number of furan rings is 1. The van der Waals surface area contributed by atoms with E-state index in [0.717, 1.165) is 16.7 Å². The molecule has 0 unspecified atom stereocenters. The second kappa shape index (κ2) is 8.13. The minimum atomic E-state index is -4.52. The Hall–Kier alpha value is -3.23. The number of nitrogens with zero attached hydrogens (tertiary/aromatic N) is 2. The van der Waals surface area contributed by atoms with E-state index >= 15 is 0 Å². The topological polar surface area (TPSA) is 72.1 Å². The molecule has 2 N–H and O–H groups in total. The molecule has 0 aliphatic carbocycles. The number of rotatable bonds is 5. The minimum absolute atomic E-state index is 0.0946. The third kappa shape index (κ3) is 4.30. The second-order valence-corrected chi connectivity index (χ2v) is 7.75. The van der Waals surface area contributed by atoms with Crippen LogP contribution in [-0.2, 0) is 0 Å². The summed E-state index contributed by atoms with van der Waals surface area (Å²) in [5, 5.41) is 9.66. The molecular formula is C22H23F3N4O2. The van der Waals surface area contributed by atoms with E-state index in [-0.39, 0.29) is 17.9 Å². The van der Waals surface area contributed by atoms with Crippen LogP contribution < -0.4 is 10.6 Å². The number of fused-ring (bicyclic) bond motifs is 1. The van der Waals surface area contributed by atoms with Crippen molar-refractivity contribution in [3.8, 4) is 0 Å². The van der Waals surface area contributed by atoms with Crippen LogP contribution in [0.1, 0.15) is 66.5 Å². The molecule has 0 saturated carbocycles. The summed E-state index contributed by atoms with van der Waals surface area (Å²) in [6.07, 6.45) is -2.40. The summed E-state index contributed by atoms with van der Waals surface area (Å²) in [5.74, 6) is 0.342. The molecule has 1 amide bonds. The normalized spacial score (nSPS) is 19.4. The zero-order valence-electron chi connectivity index (χ0n) is 17.1. The number of halogens is 3. The predicted octanol–water partition coefficient (Wildman–Crippen LogP) is 5.90. The number of hydrogen-bond donors (Lipinski definition) is 2. The Morgan fingerprint density at radius 1 is 1.32 bits per heavy atom. The smallest absolute Gasteiger partial charge is 0.410 e. The first kappa shape index (κ1) is 21.0. The fourth-order valence-corrected chi connectivity index (χ4v) is 3.69. The van der Waals surface area contributed by atoms with Crippen LogP contribution in [0.2, 0.25) is 0 Å². The van der Waals surface area contributed by atoms with Crippen molar-refractivity contribution < 1.29 is 22.4 Å². The van der Waals surface area contributed by atoms with E-state index in [1.807, 2.05) is 12.1 Å². The van der Waals surface area contributed by atoms with Crippen molar-refractivity contribution in [2.24, 2.45) is 0 Å². The van der Waals surface area contributed by atoms with E-state index in [2.05, 4.69) is 29.6 Å². The first-order valence-electron chi connectivity index (χ1n) is 10.1. The maximum absolute atomic E-state index is 13.7. The van der Waals surface area contributed by atoms with Crippen LogP contribution in [0.4, 0.5) is 24.7 Å². The van der Waals surface area contributed by atoms with Crippen LogP contribution in [0, 0.1) is 0 Å². The highest BCUT2D eigenvalue weighted by Crippen LogP contribution is 2.43. The highest BCUT2D eigenvalue weighted by Gasteiger charge is 2.47. The van der Waals surface area contributed by atoms with Crippen molar-refractivity contribution in [3.05, 3.63) is 65.7 Å². The fraction of sp³-hybridized carbons (Fsp3) is 0.364. The standard InChI is InChI=1S/C22H23F3N4O2/c1-3-13(2)14-6-8-15(9-7-14)26-21(30)17-12-20-27-16(18-5-4-10-31-18)11-19(22(23,24)25)29(20)28-17/h4-10,12-13,16,19,27H,3,11H2,1-2H3,(H,26,30)/t13-,16-,19-/m1/s1. The average molecular weight is 432 g/mol. The van der Waals surface area contributed by atoms with Gasteiger partial charge in [-0.15, -0.1) is 0 Å². The lowest BCUT2D eigenvalue weighted by molar-refractivity contribution is -0.174. The Morgan fingerprint density at radius 3 is 2.68 bits per heavy atom. The summed E-state index contributed by atoms with van der Waals surface area (Å²) in [4.78, 5) is 12.7. The molecule has 3 heterocycles. The third-order valence-corrected chi connectivity index (χ3v) is 5.66. The van der Waals surface area contributed by atoms with Crippen molar-refractivity contribution >= 4 is 17.4 Å². The van der Waals surface area contributed by atoms with E-state index < -0.39 is 24.2 Å². The number of anilines is 2. The van der Waals surface area contributed by atoms with E-state index in [0.29, 0.717) is 17.4 Å². The fourth-order valence-electron chi connectivity index (χ4n) is 3.69. The van der Waals surface area contributed by atoms with Gasteiger partial charge in [-0.1, -0.05) is 26.0 Å². The van der Waals surface area contributed by atoms with Gasteiger partial charge in [-0.3, -0.25) is 4.79 Å². The lowest BCUT2D eigenvalue weighted by atomic mass is 9.99. The Kier molecular flexibility index (Phi) is 5.51. The van der Waals surface area contributed by atoms with E-state index in [4.69, 9.17) is 4.42 Å². The molecule has 1 aliphatic rings. The lowest BCUT2D eigenvalue weighted by Crippen LogP contribution is -2.35. The average Bonchev–Trinajstić information content (AvgIpc) is 3.42. The molecule has 0 saturated heterocycles. The maximum Gasteiger partial charge on any atom is 0.410 e. The number of hydrogen-bond acceptors (Lipinski definition) is 4. The van der Waals surface area contributed by atoms with Gasteiger partial charge >= 0.3 is 6.18 Å². The summed E-state index contributed by atoms with van der Waals surface area (Å²) < 4.78 is 47.2. The van der Waals surface area contributed by atoms with Crippen LogP contribution in [0.5, 0.6) is 0 Å². The van der Waals surface area contributed by atoms with Crippen LogP contribution in [-0.4, -0.2) is 21.9 Å². The summed E-state index contributed by atoms with van der Waals surface area (Å²) in [6, 6.07) is 9.44. The molecule has 164 valence electrons. The van der Waals surface area contributed by atoms with Crippen molar-refractivity contribution in [1.82, 2.24) is 9.78 Å². The van der Waals surface area contributed by atoms with Gasteiger partial charge in [0, 0.05) is 18.2 Å². The number of alkyl halides is 3. The summed E-state index contributed by atoms with van der Waals surface area (Å²) >= 11 is 0. The summed E-state index contributed by atoms with van der Waals surface area (Å²) in [7, 11) is 0. The molecule has 3 aromatic rings. The molecular weight excluding hydrogens is 409 g/mol. The molecule has 4 rings (SSSR count). The number of carbonyl (C=O) groups is 1. The lowest BCUT2D eigenvalue weighted by Gasteiger charge is -2.32. The van der Waals surface area contributed by atoms with Gasteiger partial charge in [-0.25, -0.2) is 4.68 Å². The monoisotopic (exact) mass is 432 g/mol. The Morgan fingerprint density at radius 2 is 2.06 bits per heavy atom. The first-order chi connectivity index (χ1) is 14.8. The van der Waals surface area contributed by atoms with Gasteiger partial charge in [0.1, 0.15) is 11.6 Å². The van der Waals surface area contributed by atoms with Crippen LogP contribution >= 0.6 is 0 Å².